The van der Waals surface area contributed by atoms with Gasteiger partial charge in [0.1, 0.15) is 5.82 Å². The molecule has 1 N–H and O–H groups in total. The molecule has 2 aromatic heterocycles. The van der Waals surface area contributed by atoms with E-state index in [1.54, 1.807) is 0 Å². The highest BCUT2D eigenvalue weighted by molar-refractivity contribution is 5.90. The fraction of sp³-hybridized carbons (Fsp3) is 0.368. The van der Waals surface area contributed by atoms with Crippen LogP contribution in [0.15, 0.2) is 38.4 Å². The van der Waals surface area contributed by atoms with E-state index in [0.717, 1.165) is 53.5 Å². The topological polar surface area (TPSA) is 125 Å². The minimum Gasteiger partial charge on any atom is -0.345 e. The lowest BCUT2D eigenvalue weighted by Crippen LogP contribution is -2.40. The van der Waals surface area contributed by atoms with Crippen LogP contribution in [0.5, 0.6) is 0 Å². The molecule has 1 amide bonds. The predicted molar refractivity (Wildman–Crippen MR) is 103 cm³/mol. The first-order chi connectivity index (χ1) is 14.4. The van der Waals surface area contributed by atoms with Crippen molar-refractivity contribution in [1.82, 2.24) is 29.8 Å². The minimum atomic E-state index is -0.751. The van der Waals surface area contributed by atoms with Gasteiger partial charge in [-0.15, -0.1) is 0 Å². The second-order valence-corrected chi connectivity index (χ2v) is 7.12. The second-order valence-electron chi connectivity index (χ2n) is 7.12. The molecule has 3 aromatic rings. The summed E-state index contributed by atoms with van der Waals surface area (Å²) < 4.78 is 20.0. The molecule has 0 radical (unpaired) electrons. The van der Waals surface area contributed by atoms with Crippen molar-refractivity contribution in [2.24, 2.45) is 7.05 Å². The van der Waals surface area contributed by atoms with E-state index in [1.165, 1.54) is 19.2 Å². The fourth-order valence-corrected chi connectivity index (χ4v) is 3.37. The summed E-state index contributed by atoms with van der Waals surface area (Å²) in [6, 6.07) is 5.06. The molecule has 10 nitrogen and oxygen atoms in total. The number of rotatable bonds is 4. The van der Waals surface area contributed by atoms with Gasteiger partial charge in [0.15, 0.2) is 5.69 Å². The highest BCUT2D eigenvalue weighted by atomic mass is 19.1. The normalized spacial score (nSPS) is 14.6. The molecule has 1 saturated carbocycles. The minimum absolute atomic E-state index is 0.0491. The van der Waals surface area contributed by atoms with Crippen molar-refractivity contribution in [2.75, 3.05) is 0 Å². The number of amides is 1. The van der Waals surface area contributed by atoms with Gasteiger partial charge in [-0.1, -0.05) is 24.4 Å². The smallest absolute Gasteiger partial charge is 0.345 e. The Morgan fingerprint density at radius 3 is 2.57 bits per heavy atom. The summed E-state index contributed by atoms with van der Waals surface area (Å²) in [6.07, 6.45) is 5.01. The van der Waals surface area contributed by atoms with Crippen molar-refractivity contribution < 1.29 is 13.7 Å². The SMILES string of the molecule is Cn1c(=O)c(-c2noc(C(=O)NC3CCCCC3)n2)nn(-c2ccc(F)cc2)c1=O. The van der Waals surface area contributed by atoms with Gasteiger partial charge in [0.25, 0.3) is 5.56 Å². The fourth-order valence-electron chi connectivity index (χ4n) is 3.37. The molecule has 1 aliphatic carbocycles. The van der Waals surface area contributed by atoms with E-state index in [0.29, 0.717) is 0 Å². The van der Waals surface area contributed by atoms with E-state index < -0.39 is 23.0 Å². The van der Waals surface area contributed by atoms with Crippen LogP contribution in [0.1, 0.15) is 42.8 Å². The highest BCUT2D eigenvalue weighted by Gasteiger charge is 2.24. The zero-order valence-electron chi connectivity index (χ0n) is 16.2. The average Bonchev–Trinajstić information content (AvgIpc) is 3.24. The van der Waals surface area contributed by atoms with Gasteiger partial charge in [-0.25, -0.2) is 9.18 Å². The Labute approximate surface area is 169 Å². The van der Waals surface area contributed by atoms with E-state index in [-0.39, 0.29) is 29.1 Å². The van der Waals surface area contributed by atoms with Gasteiger partial charge < -0.3 is 9.84 Å². The van der Waals surface area contributed by atoms with Crippen LogP contribution in [-0.4, -0.2) is 36.4 Å². The van der Waals surface area contributed by atoms with Crippen molar-refractivity contribution in [2.45, 2.75) is 38.1 Å². The van der Waals surface area contributed by atoms with Crippen LogP contribution in [0.3, 0.4) is 0 Å². The molecule has 0 saturated heterocycles. The van der Waals surface area contributed by atoms with Gasteiger partial charge in [-0.3, -0.25) is 14.2 Å². The average molecular weight is 414 g/mol. The number of halogens is 1. The van der Waals surface area contributed by atoms with E-state index in [1.807, 2.05) is 0 Å². The zero-order chi connectivity index (χ0) is 21.3. The standard InChI is InChI=1S/C19H19FN6O4/c1-25-18(28)14(23-26(19(25)29)13-9-7-11(20)8-10-13)15-22-17(30-24-15)16(27)21-12-5-3-2-4-6-12/h7-10,12H,2-6H2,1H3,(H,21,27). The van der Waals surface area contributed by atoms with Crippen molar-refractivity contribution in [3.05, 3.63) is 56.8 Å². The Hall–Kier alpha value is -3.63. The zero-order valence-corrected chi connectivity index (χ0v) is 16.2. The Bertz CT molecular complexity index is 1190. The first-order valence-corrected chi connectivity index (χ1v) is 9.55. The number of benzene rings is 1. The molecular weight excluding hydrogens is 395 g/mol. The second kappa shape index (κ2) is 8.01. The Morgan fingerprint density at radius 2 is 1.87 bits per heavy atom. The van der Waals surface area contributed by atoms with E-state index in [2.05, 4.69) is 20.6 Å². The van der Waals surface area contributed by atoms with Crippen LogP contribution >= 0.6 is 0 Å². The van der Waals surface area contributed by atoms with Crippen LogP contribution in [-0.2, 0) is 7.05 Å². The summed E-state index contributed by atoms with van der Waals surface area (Å²) in [6.45, 7) is 0. The molecule has 1 fully saturated rings. The van der Waals surface area contributed by atoms with Gasteiger partial charge >= 0.3 is 17.5 Å². The summed E-state index contributed by atoms with van der Waals surface area (Å²) in [5.41, 5.74) is -1.51. The maximum atomic E-state index is 13.2. The van der Waals surface area contributed by atoms with Crippen LogP contribution in [0, 0.1) is 5.82 Å². The largest absolute Gasteiger partial charge is 0.351 e. The number of carbonyl (C=O) groups excluding carboxylic acids is 1. The predicted octanol–water partition coefficient (Wildman–Crippen LogP) is 1.18. The van der Waals surface area contributed by atoms with Gasteiger partial charge in [0.2, 0.25) is 5.82 Å². The Balaban J connectivity index is 1.67. The molecule has 2 heterocycles. The molecule has 0 aliphatic heterocycles. The summed E-state index contributed by atoms with van der Waals surface area (Å²) in [7, 11) is 1.27. The molecule has 0 bridgehead atoms. The quantitative estimate of drug-likeness (QED) is 0.680. The van der Waals surface area contributed by atoms with Crippen LogP contribution in [0.2, 0.25) is 0 Å². The van der Waals surface area contributed by atoms with E-state index >= 15 is 0 Å². The summed E-state index contributed by atoms with van der Waals surface area (Å²) >= 11 is 0. The van der Waals surface area contributed by atoms with Crippen molar-refractivity contribution >= 4 is 5.91 Å². The number of hydrogen-bond donors (Lipinski definition) is 1. The van der Waals surface area contributed by atoms with Crippen LogP contribution in [0.25, 0.3) is 17.2 Å². The lowest BCUT2D eigenvalue weighted by Gasteiger charge is -2.21. The number of nitrogens with zero attached hydrogens (tertiary/aromatic N) is 5. The van der Waals surface area contributed by atoms with Gasteiger partial charge in [0.05, 0.1) is 5.69 Å². The van der Waals surface area contributed by atoms with Crippen LogP contribution in [0.4, 0.5) is 4.39 Å². The van der Waals surface area contributed by atoms with E-state index in [9.17, 15) is 18.8 Å². The Kier molecular flexibility index (Phi) is 5.25. The molecule has 0 spiro atoms. The third-order valence-corrected chi connectivity index (χ3v) is 5.02. The molecule has 0 unspecified atom stereocenters. The summed E-state index contributed by atoms with van der Waals surface area (Å²) in [5.74, 6) is -1.52. The molecular formula is C19H19FN6O4. The number of hydrogen-bond acceptors (Lipinski definition) is 7. The first kappa shape index (κ1) is 19.7. The first-order valence-electron chi connectivity index (χ1n) is 9.55. The molecule has 30 heavy (non-hydrogen) atoms. The van der Waals surface area contributed by atoms with Gasteiger partial charge in [-0.2, -0.15) is 14.8 Å². The van der Waals surface area contributed by atoms with Gasteiger partial charge in [0, 0.05) is 13.1 Å². The Morgan fingerprint density at radius 1 is 1.17 bits per heavy atom. The lowest BCUT2D eigenvalue weighted by molar-refractivity contribution is 0.0883. The third-order valence-electron chi connectivity index (χ3n) is 5.02. The monoisotopic (exact) mass is 414 g/mol. The van der Waals surface area contributed by atoms with Crippen molar-refractivity contribution in [1.29, 1.82) is 0 Å². The maximum absolute atomic E-state index is 13.2. The lowest BCUT2D eigenvalue weighted by atomic mass is 9.95. The molecule has 0 atom stereocenters. The van der Waals surface area contributed by atoms with Crippen LogP contribution < -0.4 is 16.6 Å². The summed E-state index contributed by atoms with van der Waals surface area (Å²) in [5, 5.41) is 10.6. The highest BCUT2D eigenvalue weighted by Crippen LogP contribution is 2.18. The number of nitrogens with one attached hydrogen (secondary N) is 1. The molecule has 1 aliphatic rings. The maximum Gasteiger partial charge on any atom is 0.351 e. The molecule has 11 heteroatoms. The van der Waals surface area contributed by atoms with Gasteiger partial charge in [-0.05, 0) is 37.1 Å². The van der Waals surface area contributed by atoms with Crippen molar-refractivity contribution in [3.8, 4) is 17.2 Å². The summed E-state index contributed by atoms with van der Waals surface area (Å²) in [4.78, 5) is 41.3. The van der Waals surface area contributed by atoms with E-state index in [4.69, 9.17) is 4.52 Å². The number of carbonyl (C=O) groups is 1. The number of aromatic nitrogens is 5. The molecule has 156 valence electrons. The van der Waals surface area contributed by atoms with Crippen molar-refractivity contribution in [3.63, 3.8) is 0 Å². The third kappa shape index (κ3) is 3.78. The molecule has 4 rings (SSSR count). The molecule has 1 aromatic carbocycles.